The van der Waals surface area contributed by atoms with Crippen molar-refractivity contribution in [1.82, 2.24) is 0 Å². The first kappa shape index (κ1) is 24.7. The maximum absolute atomic E-state index is 12.7. The molecule has 0 unspecified atom stereocenters. The van der Waals surface area contributed by atoms with Gasteiger partial charge in [-0.3, -0.25) is 9.52 Å². The van der Waals surface area contributed by atoms with Crippen molar-refractivity contribution in [1.29, 1.82) is 0 Å². The summed E-state index contributed by atoms with van der Waals surface area (Å²) in [6.07, 6.45) is 1.40. The Morgan fingerprint density at radius 2 is 1.56 bits per heavy atom. The molecule has 0 heterocycles. The van der Waals surface area contributed by atoms with Crippen molar-refractivity contribution in [3.05, 3.63) is 114 Å². The molecule has 182 valence electrons. The number of amides is 1. The topological polar surface area (TPSA) is 113 Å². The number of carboxylic acids is 1. The molecule has 3 N–H and O–H groups in total. The molecular formula is C28H24N2O5S. The third-order valence-electron chi connectivity index (χ3n) is 5.53. The predicted octanol–water partition coefficient (Wildman–Crippen LogP) is 5.52. The monoisotopic (exact) mass is 500 g/mol. The number of carboxylic acid groups (broad SMARTS) is 1. The first-order chi connectivity index (χ1) is 17.2. The average molecular weight is 501 g/mol. The van der Waals surface area contributed by atoms with Crippen molar-refractivity contribution in [3.63, 3.8) is 0 Å². The molecule has 0 spiro atoms. The Bertz CT molecular complexity index is 1580. The molecule has 36 heavy (non-hydrogen) atoms. The number of rotatable bonds is 8. The van der Waals surface area contributed by atoms with Crippen LogP contribution in [0, 0.1) is 0 Å². The van der Waals surface area contributed by atoms with Gasteiger partial charge in [-0.1, -0.05) is 66.7 Å². The molecule has 1 amide bonds. The zero-order valence-corrected chi connectivity index (χ0v) is 20.2. The summed E-state index contributed by atoms with van der Waals surface area (Å²) in [5.74, 6) is -2.06. The molecule has 0 saturated heterocycles. The lowest BCUT2D eigenvalue weighted by Crippen LogP contribution is -2.16. The van der Waals surface area contributed by atoms with Crippen LogP contribution in [0.3, 0.4) is 0 Å². The van der Waals surface area contributed by atoms with Crippen molar-refractivity contribution >= 4 is 49.6 Å². The van der Waals surface area contributed by atoms with Crippen molar-refractivity contribution in [3.8, 4) is 0 Å². The van der Waals surface area contributed by atoms with Crippen LogP contribution >= 0.6 is 0 Å². The zero-order valence-electron chi connectivity index (χ0n) is 19.4. The standard InChI is InChI=1S/C28H24N2O5S/c1-19(22-12-11-21-9-5-6-10-23(21)16-22)15-27(31)29-26-14-13-24(17-25(26)28(32)33)30-36(34,35)18-20-7-3-2-4-8-20/h2-17,30H,18H2,1H3,(H,29,31)(H,32,33). The molecule has 7 nitrogen and oxygen atoms in total. The third kappa shape index (κ3) is 6.17. The minimum absolute atomic E-state index is 0.0565. The van der Waals surface area contributed by atoms with Crippen molar-refractivity contribution in [2.24, 2.45) is 0 Å². The van der Waals surface area contributed by atoms with Gasteiger partial charge in [0, 0.05) is 11.8 Å². The maximum Gasteiger partial charge on any atom is 0.337 e. The highest BCUT2D eigenvalue weighted by Crippen LogP contribution is 2.24. The number of hydrogen-bond donors (Lipinski definition) is 3. The van der Waals surface area contributed by atoms with Gasteiger partial charge in [0.1, 0.15) is 0 Å². The molecule has 0 atom stereocenters. The smallest absolute Gasteiger partial charge is 0.337 e. The average Bonchev–Trinajstić information content (AvgIpc) is 2.84. The highest BCUT2D eigenvalue weighted by molar-refractivity contribution is 7.91. The van der Waals surface area contributed by atoms with Crippen LogP contribution in [-0.4, -0.2) is 25.4 Å². The Balaban J connectivity index is 1.51. The molecular weight excluding hydrogens is 476 g/mol. The van der Waals surface area contributed by atoms with E-state index >= 15 is 0 Å². The number of nitrogens with one attached hydrogen (secondary N) is 2. The number of carbonyl (C=O) groups excluding carboxylic acids is 1. The molecule has 4 aromatic carbocycles. The number of aromatic carboxylic acids is 1. The van der Waals surface area contributed by atoms with Crippen LogP contribution < -0.4 is 10.0 Å². The van der Waals surface area contributed by atoms with E-state index < -0.39 is 21.9 Å². The van der Waals surface area contributed by atoms with E-state index in [1.807, 2.05) is 42.5 Å². The van der Waals surface area contributed by atoms with Gasteiger partial charge in [0.15, 0.2) is 0 Å². The summed E-state index contributed by atoms with van der Waals surface area (Å²) in [6.45, 7) is 1.80. The van der Waals surface area contributed by atoms with Gasteiger partial charge < -0.3 is 10.4 Å². The van der Waals surface area contributed by atoms with Crippen molar-refractivity contribution < 1.29 is 23.1 Å². The van der Waals surface area contributed by atoms with E-state index in [0.717, 1.165) is 16.3 Å². The first-order valence-electron chi connectivity index (χ1n) is 11.1. The van der Waals surface area contributed by atoms with Crippen LogP contribution in [0.15, 0.2) is 97.1 Å². The van der Waals surface area contributed by atoms with Gasteiger partial charge in [-0.15, -0.1) is 0 Å². The van der Waals surface area contributed by atoms with Gasteiger partial charge >= 0.3 is 5.97 Å². The predicted molar refractivity (Wildman–Crippen MR) is 142 cm³/mol. The largest absolute Gasteiger partial charge is 0.478 e. The fourth-order valence-corrected chi connectivity index (χ4v) is 4.98. The second-order valence-electron chi connectivity index (χ2n) is 8.29. The second kappa shape index (κ2) is 10.5. The lowest BCUT2D eigenvalue weighted by molar-refractivity contribution is -0.111. The van der Waals surface area contributed by atoms with Gasteiger partial charge in [-0.2, -0.15) is 0 Å². The number of sulfonamides is 1. The summed E-state index contributed by atoms with van der Waals surface area (Å²) >= 11 is 0. The molecule has 4 aromatic rings. The van der Waals surface area contributed by atoms with Gasteiger partial charge in [0.2, 0.25) is 15.9 Å². The quantitative estimate of drug-likeness (QED) is 0.276. The number of benzene rings is 4. The van der Waals surface area contributed by atoms with Crippen LogP contribution in [0.2, 0.25) is 0 Å². The highest BCUT2D eigenvalue weighted by atomic mass is 32.2. The molecule has 0 aliphatic carbocycles. The third-order valence-corrected chi connectivity index (χ3v) is 6.79. The molecule has 4 rings (SSSR count). The normalized spacial score (nSPS) is 11.8. The van der Waals surface area contributed by atoms with E-state index in [2.05, 4.69) is 10.0 Å². The number of fused-ring (bicyclic) bond motifs is 1. The number of allylic oxidation sites excluding steroid dienone is 1. The Morgan fingerprint density at radius 1 is 0.861 bits per heavy atom. The molecule has 8 heteroatoms. The summed E-state index contributed by atoms with van der Waals surface area (Å²) in [4.78, 5) is 24.5. The van der Waals surface area contributed by atoms with Crippen molar-refractivity contribution in [2.75, 3.05) is 10.0 Å². The summed E-state index contributed by atoms with van der Waals surface area (Å²) in [7, 11) is -3.77. The zero-order chi connectivity index (χ0) is 25.7. The van der Waals surface area contributed by atoms with Crippen LogP contribution in [-0.2, 0) is 20.6 Å². The molecule has 0 bridgehead atoms. The van der Waals surface area contributed by atoms with Gasteiger partial charge in [0.25, 0.3) is 0 Å². The van der Waals surface area contributed by atoms with Crippen LogP contribution in [0.1, 0.15) is 28.4 Å². The van der Waals surface area contributed by atoms with E-state index in [9.17, 15) is 23.1 Å². The number of carbonyl (C=O) groups is 2. The lowest BCUT2D eigenvalue weighted by Gasteiger charge is -2.12. The minimum atomic E-state index is -3.77. The Hall–Kier alpha value is -4.43. The lowest BCUT2D eigenvalue weighted by atomic mass is 10.0. The number of hydrogen-bond acceptors (Lipinski definition) is 4. The minimum Gasteiger partial charge on any atom is -0.478 e. The Morgan fingerprint density at radius 3 is 2.28 bits per heavy atom. The molecule has 0 aromatic heterocycles. The van der Waals surface area contributed by atoms with Gasteiger partial charge in [0.05, 0.1) is 17.0 Å². The van der Waals surface area contributed by atoms with Crippen LogP contribution in [0.4, 0.5) is 11.4 Å². The van der Waals surface area contributed by atoms with Crippen LogP contribution in [0.25, 0.3) is 16.3 Å². The summed E-state index contributed by atoms with van der Waals surface area (Å²) in [5.41, 5.74) is 2.08. The molecule has 0 aliphatic rings. The SMILES string of the molecule is CC(=CC(=O)Nc1ccc(NS(=O)(=O)Cc2ccccc2)cc1C(=O)O)c1ccc2ccccc2c1. The Kier molecular flexibility index (Phi) is 7.17. The van der Waals surface area contributed by atoms with E-state index in [1.165, 1.54) is 24.3 Å². The van der Waals surface area contributed by atoms with E-state index in [0.29, 0.717) is 11.1 Å². The summed E-state index contributed by atoms with van der Waals surface area (Å²) < 4.78 is 27.4. The van der Waals surface area contributed by atoms with Crippen LogP contribution in [0.5, 0.6) is 0 Å². The fraction of sp³-hybridized carbons (Fsp3) is 0.0714. The molecule has 0 saturated carbocycles. The molecule has 0 aliphatic heterocycles. The molecule has 0 radical (unpaired) electrons. The first-order valence-corrected chi connectivity index (χ1v) is 12.8. The Labute approximate surface area is 209 Å². The van der Waals surface area contributed by atoms with Crippen molar-refractivity contribution in [2.45, 2.75) is 12.7 Å². The molecule has 0 fully saturated rings. The van der Waals surface area contributed by atoms with Gasteiger partial charge in [-0.05, 0) is 58.7 Å². The van der Waals surface area contributed by atoms with Gasteiger partial charge in [-0.25, -0.2) is 13.2 Å². The van der Waals surface area contributed by atoms with E-state index in [-0.39, 0.29) is 22.7 Å². The summed E-state index contributed by atoms with van der Waals surface area (Å²) in [6, 6.07) is 26.3. The van der Waals surface area contributed by atoms with E-state index in [1.54, 1.807) is 37.3 Å². The maximum atomic E-state index is 12.7. The fourth-order valence-electron chi connectivity index (χ4n) is 3.79. The number of anilines is 2. The highest BCUT2D eigenvalue weighted by Gasteiger charge is 2.17. The summed E-state index contributed by atoms with van der Waals surface area (Å²) in [5, 5.41) is 14.4. The second-order valence-corrected chi connectivity index (χ2v) is 10.0. The van der Waals surface area contributed by atoms with E-state index in [4.69, 9.17) is 0 Å².